The first-order valence-electron chi connectivity index (χ1n) is 7.71. The van der Waals surface area contributed by atoms with Gasteiger partial charge in [0.1, 0.15) is 6.54 Å². The van der Waals surface area contributed by atoms with Gasteiger partial charge < -0.3 is 10.1 Å². The van der Waals surface area contributed by atoms with Crippen LogP contribution in [0.1, 0.15) is 41.5 Å². The van der Waals surface area contributed by atoms with E-state index < -0.39 is 36.8 Å². The lowest BCUT2D eigenvalue weighted by Gasteiger charge is -2.17. The molecule has 7 heteroatoms. The molecule has 0 saturated carbocycles. The minimum atomic E-state index is -0.808. The molecular weight excluding hydrogens is 312 g/mol. The third-order valence-electron chi connectivity index (χ3n) is 3.92. The van der Waals surface area contributed by atoms with Crippen molar-refractivity contribution in [3.63, 3.8) is 0 Å². The number of hydrogen-bond acceptors (Lipinski definition) is 5. The fraction of sp³-hybridized carbons (Fsp3) is 0.412. The molecule has 0 aromatic heterocycles. The standard InChI is InChI=1S/C17H20N2O5/c1-10(2)11(3)18-14(20)9-24-15(21)8-19-16(22)12-6-4-5-7-13(12)17(19)23/h4-7,10-11H,8-9H2,1-3H3,(H,18,20)/t11-/m1/s1. The zero-order valence-electron chi connectivity index (χ0n) is 13.9. The molecule has 128 valence electrons. The van der Waals surface area contributed by atoms with Crippen LogP contribution in [0.3, 0.4) is 0 Å². The average molecular weight is 332 g/mol. The van der Waals surface area contributed by atoms with Gasteiger partial charge in [-0.05, 0) is 25.0 Å². The Balaban J connectivity index is 1.87. The number of fused-ring (bicyclic) bond motifs is 1. The quantitative estimate of drug-likeness (QED) is 0.619. The molecule has 0 bridgehead atoms. The molecule has 1 heterocycles. The first kappa shape index (κ1) is 17.7. The largest absolute Gasteiger partial charge is 0.454 e. The summed E-state index contributed by atoms with van der Waals surface area (Å²) in [6.07, 6.45) is 0. The van der Waals surface area contributed by atoms with Crippen LogP contribution in [-0.4, -0.2) is 47.8 Å². The molecular formula is C17H20N2O5. The lowest BCUT2D eigenvalue weighted by atomic mass is 10.1. The molecule has 1 aromatic carbocycles. The monoisotopic (exact) mass is 332 g/mol. The summed E-state index contributed by atoms with van der Waals surface area (Å²) >= 11 is 0. The van der Waals surface area contributed by atoms with Gasteiger partial charge in [0.05, 0.1) is 11.1 Å². The van der Waals surface area contributed by atoms with Gasteiger partial charge in [-0.1, -0.05) is 26.0 Å². The Labute approximate surface area is 140 Å². The highest BCUT2D eigenvalue weighted by Crippen LogP contribution is 2.22. The number of amides is 3. The summed E-state index contributed by atoms with van der Waals surface area (Å²) in [6, 6.07) is 6.30. The number of carbonyl (C=O) groups is 4. The van der Waals surface area contributed by atoms with Crippen LogP contribution >= 0.6 is 0 Å². The summed E-state index contributed by atoms with van der Waals surface area (Å²) in [5.74, 6) is -2.05. The van der Waals surface area contributed by atoms with E-state index in [1.807, 2.05) is 20.8 Å². The lowest BCUT2D eigenvalue weighted by Crippen LogP contribution is -2.40. The summed E-state index contributed by atoms with van der Waals surface area (Å²) in [7, 11) is 0. The van der Waals surface area contributed by atoms with Crippen molar-refractivity contribution >= 4 is 23.7 Å². The molecule has 24 heavy (non-hydrogen) atoms. The van der Waals surface area contributed by atoms with E-state index in [-0.39, 0.29) is 23.1 Å². The molecule has 0 aliphatic carbocycles. The maximum Gasteiger partial charge on any atom is 0.326 e. The van der Waals surface area contributed by atoms with Gasteiger partial charge in [0.15, 0.2) is 6.61 Å². The van der Waals surface area contributed by atoms with Crippen molar-refractivity contribution in [2.45, 2.75) is 26.8 Å². The summed E-state index contributed by atoms with van der Waals surface area (Å²) in [4.78, 5) is 48.5. The third kappa shape index (κ3) is 3.79. The van der Waals surface area contributed by atoms with Crippen molar-refractivity contribution in [1.82, 2.24) is 10.2 Å². The SMILES string of the molecule is CC(C)[C@@H](C)NC(=O)COC(=O)CN1C(=O)c2ccccc2C1=O. The summed E-state index contributed by atoms with van der Waals surface area (Å²) in [5, 5.41) is 2.70. The van der Waals surface area contributed by atoms with Crippen molar-refractivity contribution < 1.29 is 23.9 Å². The van der Waals surface area contributed by atoms with Gasteiger partial charge in [-0.15, -0.1) is 0 Å². The number of carbonyl (C=O) groups excluding carboxylic acids is 4. The molecule has 1 aliphatic rings. The minimum absolute atomic E-state index is 0.0487. The predicted octanol–water partition coefficient (Wildman–Crippen LogP) is 0.986. The van der Waals surface area contributed by atoms with Crippen LogP contribution in [-0.2, 0) is 14.3 Å². The molecule has 3 amide bonds. The number of ether oxygens (including phenoxy) is 1. The Morgan fingerprint density at radius 3 is 2.12 bits per heavy atom. The van der Waals surface area contributed by atoms with E-state index >= 15 is 0 Å². The Kier molecular flexibility index (Phi) is 5.33. The van der Waals surface area contributed by atoms with Crippen molar-refractivity contribution in [2.75, 3.05) is 13.2 Å². The number of nitrogens with zero attached hydrogens (tertiary/aromatic N) is 1. The van der Waals surface area contributed by atoms with Crippen LogP contribution in [0.2, 0.25) is 0 Å². The first-order valence-corrected chi connectivity index (χ1v) is 7.71. The maximum atomic E-state index is 12.1. The Morgan fingerprint density at radius 2 is 1.62 bits per heavy atom. The molecule has 1 N–H and O–H groups in total. The molecule has 1 atom stereocenters. The van der Waals surface area contributed by atoms with Crippen LogP contribution in [0.15, 0.2) is 24.3 Å². The van der Waals surface area contributed by atoms with Gasteiger partial charge >= 0.3 is 5.97 Å². The normalized spacial score (nSPS) is 14.6. The molecule has 0 radical (unpaired) electrons. The topological polar surface area (TPSA) is 92.8 Å². The predicted molar refractivity (Wildman–Crippen MR) is 85.2 cm³/mol. The van der Waals surface area contributed by atoms with Crippen molar-refractivity contribution in [1.29, 1.82) is 0 Å². The van der Waals surface area contributed by atoms with Gasteiger partial charge in [-0.2, -0.15) is 0 Å². The van der Waals surface area contributed by atoms with E-state index in [1.54, 1.807) is 12.1 Å². The molecule has 2 rings (SSSR count). The minimum Gasteiger partial charge on any atom is -0.454 e. The van der Waals surface area contributed by atoms with Crippen LogP contribution in [0.25, 0.3) is 0 Å². The average Bonchev–Trinajstić information content (AvgIpc) is 2.78. The van der Waals surface area contributed by atoms with E-state index in [4.69, 9.17) is 4.74 Å². The molecule has 0 spiro atoms. The van der Waals surface area contributed by atoms with Crippen LogP contribution in [0, 0.1) is 5.92 Å². The molecule has 1 aromatic rings. The van der Waals surface area contributed by atoms with Gasteiger partial charge in [0.2, 0.25) is 0 Å². The van der Waals surface area contributed by atoms with E-state index in [0.29, 0.717) is 0 Å². The van der Waals surface area contributed by atoms with Crippen molar-refractivity contribution in [2.24, 2.45) is 5.92 Å². The van der Waals surface area contributed by atoms with Crippen molar-refractivity contribution in [3.8, 4) is 0 Å². The highest BCUT2D eigenvalue weighted by atomic mass is 16.5. The van der Waals surface area contributed by atoms with Gasteiger partial charge in [-0.25, -0.2) is 0 Å². The first-order chi connectivity index (χ1) is 11.3. The molecule has 0 saturated heterocycles. The van der Waals surface area contributed by atoms with Crippen LogP contribution in [0.4, 0.5) is 0 Å². The summed E-state index contributed by atoms with van der Waals surface area (Å²) in [6.45, 7) is 4.81. The molecule has 1 aliphatic heterocycles. The van der Waals surface area contributed by atoms with Gasteiger partial charge in [0, 0.05) is 6.04 Å². The Morgan fingerprint density at radius 1 is 1.08 bits per heavy atom. The molecule has 7 nitrogen and oxygen atoms in total. The summed E-state index contributed by atoms with van der Waals surface area (Å²) in [5.41, 5.74) is 0.526. The Bertz CT molecular complexity index is 648. The van der Waals surface area contributed by atoms with Gasteiger partial charge in [-0.3, -0.25) is 24.1 Å². The van der Waals surface area contributed by atoms with Gasteiger partial charge in [0.25, 0.3) is 17.7 Å². The number of hydrogen-bond donors (Lipinski definition) is 1. The highest BCUT2D eigenvalue weighted by Gasteiger charge is 2.36. The molecule has 0 fully saturated rings. The van der Waals surface area contributed by atoms with Crippen molar-refractivity contribution in [3.05, 3.63) is 35.4 Å². The Hall–Kier alpha value is -2.70. The third-order valence-corrected chi connectivity index (χ3v) is 3.92. The second kappa shape index (κ2) is 7.25. The molecule has 0 unspecified atom stereocenters. The number of imide groups is 1. The van der Waals surface area contributed by atoms with E-state index in [2.05, 4.69) is 5.32 Å². The lowest BCUT2D eigenvalue weighted by molar-refractivity contribution is -0.148. The number of benzene rings is 1. The van der Waals surface area contributed by atoms with E-state index in [0.717, 1.165) is 4.90 Å². The second-order valence-electron chi connectivity index (χ2n) is 6.00. The van der Waals surface area contributed by atoms with Crippen LogP contribution < -0.4 is 5.32 Å². The summed E-state index contributed by atoms with van der Waals surface area (Å²) < 4.78 is 4.84. The number of rotatable bonds is 6. The second-order valence-corrected chi connectivity index (χ2v) is 6.00. The number of nitrogens with one attached hydrogen (secondary N) is 1. The fourth-order valence-corrected chi connectivity index (χ4v) is 2.17. The smallest absolute Gasteiger partial charge is 0.326 e. The van der Waals surface area contributed by atoms with Crippen LogP contribution in [0.5, 0.6) is 0 Å². The zero-order chi connectivity index (χ0) is 17.9. The zero-order valence-corrected chi connectivity index (χ0v) is 13.9. The van der Waals surface area contributed by atoms with E-state index in [9.17, 15) is 19.2 Å². The highest BCUT2D eigenvalue weighted by molar-refractivity contribution is 6.22. The fourth-order valence-electron chi connectivity index (χ4n) is 2.17. The number of esters is 1. The van der Waals surface area contributed by atoms with E-state index in [1.165, 1.54) is 12.1 Å². The maximum absolute atomic E-state index is 12.1.